The van der Waals surface area contributed by atoms with Gasteiger partial charge in [-0.15, -0.1) is 0 Å². The van der Waals surface area contributed by atoms with E-state index in [1.165, 1.54) is 18.3 Å². The van der Waals surface area contributed by atoms with Gasteiger partial charge in [-0.1, -0.05) is 35.6 Å². The van der Waals surface area contributed by atoms with Gasteiger partial charge in [-0.3, -0.25) is 14.2 Å². The van der Waals surface area contributed by atoms with E-state index >= 15 is 0 Å². The monoisotopic (exact) mass is 596 g/mol. The van der Waals surface area contributed by atoms with Crippen molar-refractivity contribution in [1.29, 1.82) is 0 Å². The fourth-order valence-electron chi connectivity index (χ4n) is 4.20. The van der Waals surface area contributed by atoms with Crippen LogP contribution in [0, 0.1) is 3.57 Å². The highest BCUT2D eigenvalue weighted by molar-refractivity contribution is 14.1. The van der Waals surface area contributed by atoms with Crippen molar-refractivity contribution in [3.05, 3.63) is 107 Å². The van der Waals surface area contributed by atoms with Crippen molar-refractivity contribution in [2.75, 3.05) is 7.11 Å². The number of rotatable bonds is 5. The molecule has 0 bridgehead atoms. The van der Waals surface area contributed by atoms with Crippen LogP contribution in [0.5, 0.6) is 5.75 Å². The van der Waals surface area contributed by atoms with Crippen LogP contribution in [-0.2, 0) is 4.79 Å². The van der Waals surface area contributed by atoms with Gasteiger partial charge in [-0.25, -0.2) is 4.99 Å². The molecule has 5 rings (SSSR count). The molecule has 8 heteroatoms. The predicted molar refractivity (Wildman–Crippen MR) is 144 cm³/mol. The minimum atomic E-state index is -0.559. The fourth-order valence-corrected chi connectivity index (χ4v) is 5.59. The Morgan fingerprint density at radius 1 is 1.11 bits per heavy atom. The zero-order chi connectivity index (χ0) is 24.7. The van der Waals surface area contributed by atoms with Gasteiger partial charge in [-0.2, -0.15) is 0 Å². The number of aromatic nitrogens is 1. The second-order valence-corrected chi connectivity index (χ2v) is 10.4. The van der Waals surface area contributed by atoms with Crippen molar-refractivity contribution in [2.45, 2.75) is 19.9 Å². The number of ether oxygens (including phenoxy) is 1. The van der Waals surface area contributed by atoms with Gasteiger partial charge >= 0.3 is 0 Å². The van der Waals surface area contributed by atoms with Crippen molar-refractivity contribution < 1.29 is 13.9 Å². The highest BCUT2D eigenvalue weighted by atomic mass is 127. The van der Waals surface area contributed by atoms with Crippen LogP contribution in [0.2, 0.25) is 0 Å². The molecule has 0 amide bonds. The number of carbonyl (C=O) groups excluding carboxylic acids is 1. The number of methoxy groups -OCH3 is 1. The third-order valence-corrected chi connectivity index (χ3v) is 7.56. The normalized spacial score (nSPS) is 15.7. The van der Waals surface area contributed by atoms with Crippen molar-refractivity contribution in [3.63, 3.8) is 0 Å². The molecule has 3 heterocycles. The van der Waals surface area contributed by atoms with Crippen LogP contribution in [0.3, 0.4) is 0 Å². The lowest BCUT2D eigenvalue weighted by Gasteiger charge is -2.24. The summed E-state index contributed by atoms with van der Waals surface area (Å²) in [5.41, 5.74) is 2.69. The Bertz CT molecular complexity index is 1640. The molecule has 35 heavy (non-hydrogen) atoms. The number of hydrogen-bond acceptors (Lipinski definition) is 6. The van der Waals surface area contributed by atoms with Gasteiger partial charge in [0.25, 0.3) is 5.56 Å². The molecule has 2 aromatic heterocycles. The lowest BCUT2D eigenvalue weighted by molar-refractivity contribution is -0.114. The van der Waals surface area contributed by atoms with E-state index in [0.29, 0.717) is 32.1 Å². The first kappa shape index (κ1) is 23.5. The smallest absolute Gasteiger partial charge is 0.271 e. The van der Waals surface area contributed by atoms with E-state index in [9.17, 15) is 9.59 Å². The number of Topliss-reactive ketones (excluding diaryl/α,β-unsaturated/α-hetero) is 1. The van der Waals surface area contributed by atoms with Crippen molar-refractivity contribution >= 4 is 45.8 Å². The summed E-state index contributed by atoms with van der Waals surface area (Å²) in [4.78, 5) is 31.4. The van der Waals surface area contributed by atoms with E-state index in [1.807, 2.05) is 67.6 Å². The molecule has 2 aromatic carbocycles. The largest absolute Gasteiger partial charge is 0.497 e. The zero-order valence-corrected chi connectivity index (χ0v) is 22.2. The lowest BCUT2D eigenvalue weighted by atomic mass is 9.93. The molecule has 0 spiro atoms. The molecular weight excluding hydrogens is 575 g/mol. The van der Waals surface area contributed by atoms with Crippen molar-refractivity contribution in [2.24, 2.45) is 4.99 Å². The number of fused-ring (bicyclic) bond motifs is 1. The van der Waals surface area contributed by atoms with E-state index < -0.39 is 6.04 Å². The molecule has 0 aliphatic carbocycles. The van der Waals surface area contributed by atoms with Crippen LogP contribution < -0.4 is 19.6 Å². The summed E-state index contributed by atoms with van der Waals surface area (Å²) in [6.45, 7) is 3.32. The summed E-state index contributed by atoms with van der Waals surface area (Å²) < 4.78 is 14.5. The average molecular weight is 596 g/mol. The zero-order valence-electron chi connectivity index (χ0n) is 19.2. The maximum absolute atomic E-state index is 13.6. The topological polar surface area (TPSA) is 73.8 Å². The van der Waals surface area contributed by atoms with Crippen molar-refractivity contribution in [3.8, 4) is 17.1 Å². The molecule has 0 fully saturated rings. The molecule has 1 aliphatic heterocycles. The average Bonchev–Trinajstić information content (AvgIpc) is 3.43. The number of carbonyl (C=O) groups is 1. The minimum Gasteiger partial charge on any atom is -0.497 e. The Kier molecular flexibility index (Phi) is 6.33. The number of halogens is 1. The quantitative estimate of drug-likeness (QED) is 0.314. The van der Waals surface area contributed by atoms with Gasteiger partial charge in [-0.05, 0) is 78.4 Å². The molecule has 176 valence electrons. The molecule has 0 radical (unpaired) electrons. The summed E-state index contributed by atoms with van der Waals surface area (Å²) in [7, 11) is 1.60. The maximum Gasteiger partial charge on any atom is 0.271 e. The third-order valence-electron chi connectivity index (χ3n) is 5.86. The third kappa shape index (κ3) is 4.43. The van der Waals surface area contributed by atoms with Crippen LogP contribution in [0.4, 0.5) is 0 Å². The number of benzene rings is 2. The van der Waals surface area contributed by atoms with Crippen LogP contribution in [-0.4, -0.2) is 17.5 Å². The summed E-state index contributed by atoms with van der Waals surface area (Å²) in [5.74, 6) is 1.89. The number of ketones is 1. The number of allylic oxidation sites excluding steroid dienone is 2. The lowest BCUT2D eigenvalue weighted by Crippen LogP contribution is -2.39. The number of nitrogens with zero attached hydrogens (tertiary/aromatic N) is 2. The van der Waals surface area contributed by atoms with Crippen LogP contribution in [0.25, 0.3) is 17.4 Å². The fraction of sp³-hybridized carbons (Fsp3) is 0.148. The summed E-state index contributed by atoms with van der Waals surface area (Å²) in [5, 5.41) is 0. The highest BCUT2D eigenvalue weighted by Crippen LogP contribution is 2.31. The standard InChI is InChI=1S/C27H21IN2O4S/c1-15-24(16(2)31)25(18-6-10-20(33-3)11-7-18)30-26(32)23(35-27(30)29-15)14-21-12-13-22(34-21)17-4-8-19(28)9-5-17/h4-14,25H,1-3H3/b23-14+/t25-/m1/s1. The molecule has 0 N–H and O–H groups in total. The molecule has 1 aliphatic rings. The molecule has 4 aromatic rings. The first-order chi connectivity index (χ1) is 16.9. The molecule has 0 unspecified atom stereocenters. The molecule has 6 nitrogen and oxygen atoms in total. The first-order valence-electron chi connectivity index (χ1n) is 10.9. The van der Waals surface area contributed by atoms with Gasteiger partial charge in [0.2, 0.25) is 0 Å². The van der Waals surface area contributed by atoms with Crippen LogP contribution >= 0.6 is 33.9 Å². The second-order valence-electron chi connectivity index (χ2n) is 8.12. The van der Waals surface area contributed by atoms with Crippen LogP contribution in [0.15, 0.2) is 86.1 Å². The second kappa shape index (κ2) is 9.43. The number of thiazole rings is 1. The molecular formula is C27H21IN2O4S. The van der Waals surface area contributed by atoms with Crippen LogP contribution in [0.1, 0.15) is 31.2 Å². The number of furan rings is 1. The Labute approximate surface area is 219 Å². The number of hydrogen-bond donors (Lipinski definition) is 0. The van der Waals surface area contributed by atoms with E-state index in [4.69, 9.17) is 9.15 Å². The van der Waals surface area contributed by atoms with E-state index in [1.54, 1.807) is 17.8 Å². The van der Waals surface area contributed by atoms with E-state index in [0.717, 1.165) is 20.5 Å². The van der Waals surface area contributed by atoms with Gasteiger partial charge in [0.1, 0.15) is 17.3 Å². The Balaban J connectivity index is 1.62. The minimum absolute atomic E-state index is 0.116. The Hall–Kier alpha value is -3.24. The Morgan fingerprint density at radius 3 is 2.49 bits per heavy atom. The predicted octanol–water partition coefficient (Wildman–Crippen LogP) is 4.70. The van der Waals surface area contributed by atoms with Gasteiger partial charge in [0.15, 0.2) is 10.6 Å². The van der Waals surface area contributed by atoms with Gasteiger partial charge in [0, 0.05) is 26.5 Å². The SMILES string of the molecule is COc1ccc([C@@H]2C(C(C)=O)=C(C)N=c3s/c(=C/c4ccc(-c5ccc(I)cc5)o4)c(=O)n32)cc1. The highest BCUT2D eigenvalue weighted by Gasteiger charge is 2.30. The maximum atomic E-state index is 13.6. The van der Waals surface area contributed by atoms with E-state index in [2.05, 4.69) is 27.6 Å². The Morgan fingerprint density at radius 2 is 1.83 bits per heavy atom. The summed E-state index contributed by atoms with van der Waals surface area (Å²) in [6, 6.07) is 18.6. The van der Waals surface area contributed by atoms with Gasteiger partial charge in [0.05, 0.1) is 17.7 Å². The van der Waals surface area contributed by atoms with E-state index in [-0.39, 0.29) is 11.3 Å². The van der Waals surface area contributed by atoms with Gasteiger partial charge < -0.3 is 9.15 Å². The molecule has 0 saturated heterocycles. The summed E-state index contributed by atoms with van der Waals surface area (Å²) in [6.07, 6.45) is 1.73. The van der Waals surface area contributed by atoms with Crippen molar-refractivity contribution in [1.82, 2.24) is 4.57 Å². The molecule has 1 atom stereocenters. The summed E-state index contributed by atoms with van der Waals surface area (Å²) >= 11 is 3.55. The molecule has 0 saturated carbocycles. The first-order valence-corrected chi connectivity index (χ1v) is 12.8.